The van der Waals surface area contributed by atoms with E-state index < -0.39 is 0 Å². The monoisotopic (exact) mass is 323 g/mol. The van der Waals surface area contributed by atoms with Crippen LogP contribution in [-0.4, -0.2) is 16.9 Å². The van der Waals surface area contributed by atoms with Gasteiger partial charge in [-0.2, -0.15) is 5.10 Å². The van der Waals surface area contributed by atoms with Crippen LogP contribution < -0.4 is 10.1 Å². The molecular weight excluding hydrogens is 306 g/mol. The maximum Gasteiger partial charge on any atom is 0.133 e. The molecule has 2 rings (SSSR count). The van der Waals surface area contributed by atoms with Gasteiger partial charge in [-0.15, -0.1) is 0 Å². The predicted octanol–water partition coefficient (Wildman–Crippen LogP) is 3.68. The Bertz CT molecular complexity index is 539. The standard InChI is InChI=1S/C14H18BrN3O/c1-3-8-18-12(6-7-17-18)10-16-11-4-5-14(19-2)13(15)9-11/h4-7,9,16H,3,8,10H2,1-2H3. The van der Waals surface area contributed by atoms with Gasteiger partial charge in [0.2, 0.25) is 0 Å². The second-order valence-electron chi connectivity index (χ2n) is 4.25. The number of aromatic nitrogens is 2. The van der Waals surface area contributed by atoms with E-state index in [0.717, 1.165) is 35.4 Å². The number of rotatable bonds is 6. The van der Waals surface area contributed by atoms with E-state index in [4.69, 9.17) is 4.74 Å². The molecule has 0 radical (unpaired) electrons. The first-order valence-electron chi connectivity index (χ1n) is 6.32. The van der Waals surface area contributed by atoms with Crippen molar-refractivity contribution in [3.63, 3.8) is 0 Å². The summed E-state index contributed by atoms with van der Waals surface area (Å²) in [7, 11) is 1.66. The molecule has 0 spiro atoms. The lowest BCUT2D eigenvalue weighted by Crippen LogP contribution is -2.08. The highest BCUT2D eigenvalue weighted by Crippen LogP contribution is 2.27. The van der Waals surface area contributed by atoms with Crippen LogP contribution in [-0.2, 0) is 13.1 Å². The molecule has 0 amide bonds. The second kappa shape index (κ2) is 6.61. The Morgan fingerprint density at radius 3 is 2.89 bits per heavy atom. The Morgan fingerprint density at radius 1 is 1.37 bits per heavy atom. The molecule has 5 heteroatoms. The van der Waals surface area contributed by atoms with Crippen LogP contribution in [0.5, 0.6) is 5.75 Å². The zero-order valence-corrected chi connectivity index (χ0v) is 12.8. The fraction of sp³-hybridized carbons (Fsp3) is 0.357. The normalized spacial score (nSPS) is 10.5. The fourth-order valence-corrected chi connectivity index (χ4v) is 2.43. The number of benzene rings is 1. The van der Waals surface area contributed by atoms with Crippen LogP contribution in [0.2, 0.25) is 0 Å². The first-order valence-corrected chi connectivity index (χ1v) is 7.12. The highest BCUT2D eigenvalue weighted by atomic mass is 79.9. The average Bonchev–Trinajstić information content (AvgIpc) is 2.84. The van der Waals surface area contributed by atoms with Crippen molar-refractivity contribution in [2.24, 2.45) is 0 Å². The molecule has 0 aliphatic rings. The number of halogens is 1. The minimum Gasteiger partial charge on any atom is -0.496 e. The summed E-state index contributed by atoms with van der Waals surface area (Å²) < 4.78 is 8.19. The Labute approximate surface area is 121 Å². The van der Waals surface area contributed by atoms with Crippen molar-refractivity contribution >= 4 is 21.6 Å². The minimum absolute atomic E-state index is 0.763. The number of aryl methyl sites for hydroxylation is 1. The smallest absolute Gasteiger partial charge is 0.133 e. The van der Waals surface area contributed by atoms with Gasteiger partial charge in [-0.25, -0.2) is 0 Å². The SMILES string of the molecule is CCCn1nccc1CNc1ccc(OC)c(Br)c1. The van der Waals surface area contributed by atoms with Gasteiger partial charge in [0, 0.05) is 18.4 Å². The van der Waals surface area contributed by atoms with Crippen molar-refractivity contribution in [3.05, 3.63) is 40.6 Å². The van der Waals surface area contributed by atoms with E-state index in [-0.39, 0.29) is 0 Å². The number of hydrogen-bond acceptors (Lipinski definition) is 3. The number of ether oxygens (including phenoxy) is 1. The summed E-state index contributed by atoms with van der Waals surface area (Å²) in [5, 5.41) is 7.70. The zero-order valence-electron chi connectivity index (χ0n) is 11.2. The van der Waals surface area contributed by atoms with Gasteiger partial charge < -0.3 is 10.1 Å². The van der Waals surface area contributed by atoms with Crippen LogP contribution in [0.3, 0.4) is 0 Å². The van der Waals surface area contributed by atoms with Gasteiger partial charge in [0.15, 0.2) is 0 Å². The Morgan fingerprint density at radius 2 is 2.21 bits per heavy atom. The second-order valence-corrected chi connectivity index (χ2v) is 5.10. The van der Waals surface area contributed by atoms with E-state index in [1.54, 1.807) is 7.11 Å². The van der Waals surface area contributed by atoms with Crippen molar-refractivity contribution in [1.29, 1.82) is 0 Å². The van der Waals surface area contributed by atoms with Crippen LogP contribution in [0.1, 0.15) is 19.0 Å². The number of nitrogens with zero attached hydrogens (tertiary/aromatic N) is 2. The van der Waals surface area contributed by atoms with E-state index in [2.05, 4.69) is 33.3 Å². The molecule has 0 fully saturated rings. The fourth-order valence-electron chi connectivity index (χ4n) is 1.89. The summed E-state index contributed by atoms with van der Waals surface area (Å²) in [5.74, 6) is 0.835. The largest absolute Gasteiger partial charge is 0.496 e. The summed E-state index contributed by atoms with van der Waals surface area (Å²) in [5.41, 5.74) is 2.24. The number of hydrogen-bond donors (Lipinski definition) is 1. The lowest BCUT2D eigenvalue weighted by Gasteiger charge is -2.10. The molecule has 1 heterocycles. The lowest BCUT2D eigenvalue weighted by atomic mass is 10.3. The van der Waals surface area contributed by atoms with Crippen molar-refractivity contribution in [2.75, 3.05) is 12.4 Å². The molecule has 0 aliphatic heterocycles. The number of anilines is 1. The minimum atomic E-state index is 0.763. The van der Waals surface area contributed by atoms with Crippen molar-refractivity contribution in [3.8, 4) is 5.75 Å². The molecular formula is C14H18BrN3O. The van der Waals surface area contributed by atoms with Gasteiger partial charge in [0.05, 0.1) is 23.8 Å². The van der Waals surface area contributed by atoms with Crippen LogP contribution >= 0.6 is 15.9 Å². The van der Waals surface area contributed by atoms with Crippen LogP contribution in [0, 0.1) is 0 Å². The molecule has 102 valence electrons. The van der Waals surface area contributed by atoms with Gasteiger partial charge >= 0.3 is 0 Å². The maximum absolute atomic E-state index is 5.21. The highest BCUT2D eigenvalue weighted by molar-refractivity contribution is 9.10. The first-order chi connectivity index (χ1) is 9.24. The number of nitrogens with one attached hydrogen (secondary N) is 1. The third-order valence-electron chi connectivity index (χ3n) is 2.87. The van der Waals surface area contributed by atoms with E-state index >= 15 is 0 Å². The third kappa shape index (κ3) is 3.50. The molecule has 1 aromatic heterocycles. The topological polar surface area (TPSA) is 39.1 Å². The molecule has 19 heavy (non-hydrogen) atoms. The Balaban J connectivity index is 2.02. The molecule has 0 unspecified atom stereocenters. The zero-order chi connectivity index (χ0) is 13.7. The van der Waals surface area contributed by atoms with Gasteiger partial charge in [-0.3, -0.25) is 4.68 Å². The number of methoxy groups -OCH3 is 1. The molecule has 0 bridgehead atoms. The Kier molecular flexibility index (Phi) is 4.85. The molecule has 0 saturated heterocycles. The van der Waals surface area contributed by atoms with Crippen LogP contribution in [0.15, 0.2) is 34.9 Å². The van der Waals surface area contributed by atoms with Gasteiger partial charge in [0.1, 0.15) is 5.75 Å². The van der Waals surface area contributed by atoms with Crippen molar-refractivity contribution in [2.45, 2.75) is 26.4 Å². The molecule has 1 N–H and O–H groups in total. The van der Waals surface area contributed by atoms with Crippen molar-refractivity contribution < 1.29 is 4.74 Å². The van der Waals surface area contributed by atoms with E-state index in [1.807, 2.05) is 35.1 Å². The molecule has 0 saturated carbocycles. The van der Waals surface area contributed by atoms with Gasteiger partial charge in [-0.1, -0.05) is 6.92 Å². The third-order valence-corrected chi connectivity index (χ3v) is 3.49. The van der Waals surface area contributed by atoms with Gasteiger partial charge in [0.25, 0.3) is 0 Å². The molecule has 1 aromatic carbocycles. The molecule has 0 atom stereocenters. The highest BCUT2D eigenvalue weighted by Gasteiger charge is 2.04. The van der Waals surface area contributed by atoms with E-state index in [0.29, 0.717) is 0 Å². The first kappa shape index (κ1) is 13.9. The van der Waals surface area contributed by atoms with Crippen LogP contribution in [0.4, 0.5) is 5.69 Å². The van der Waals surface area contributed by atoms with Gasteiger partial charge in [-0.05, 0) is 46.6 Å². The summed E-state index contributed by atoms with van der Waals surface area (Å²) >= 11 is 3.48. The van der Waals surface area contributed by atoms with E-state index in [9.17, 15) is 0 Å². The average molecular weight is 324 g/mol. The van der Waals surface area contributed by atoms with Crippen molar-refractivity contribution in [1.82, 2.24) is 9.78 Å². The summed E-state index contributed by atoms with van der Waals surface area (Å²) in [6, 6.07) is 8.00. The van der Waals surface area contributed by atoms with Crippen LogP contribution in [0.25, 0.3) is 0 Å². The molecule has 0 aliphatic carbocycles. The predicted molar refractivity (Wildman–Crippen MR) is 80.5 cm³/mol. The quantitative estimate of drug-likeness (QED) is 0.881. The van der Waals surface area contributed by atoms with E-state index in [1.165, 1.54) is 5.69 Å². The molecule has 4 nitrogen and oxygen atoms in total. The summed E-state index contributed by atoms with van der Waals surface area (Å²) in [6.07, 6.45) is 2.93. The lowest BCUT2D eigenvalue weighted by molar-refractivity contribution is 0.412. The maximum atomic E-state index is 5.21. The summed E-state index contributed by atoms with van der Waals surface area (Å²) in [4.78, 5) is 0. The molecule has 2 aromatic rings. The Hall–Kier alpha value is -1.49. The summed E-state index contributed by atoms with van der Waals surface area (Å²) in [6.45, 7) is 3.87.